The van der Waals surface area contributed by atoms with E-state index in [1.165, 1.54) is 12.8 Å². The molecule has 1 rings (SSSR count). The summed E-state index contributed by atoms with van der Waals surface area (Å²) in [4.78, 5) is 11.3. The molecule has 12 heavy (non-hydrogen) atoms. The van der Waals surface area contributed by atoms with Crippen molar-refractivity contribution in [2.45, 2.75) is 46.0 Å². The number of amides is 1. The normalized spacial score (nSPS) is 18.8. The molecule has 0 aromatic heterocycles. The first-order valence-corrected chi connectivity index (χ1v) is 4.93. The zero-order valence-electron chi connectivity index (χ0n) is 8.15. The molecule has 2 heteroatoms. The molecule has 0 aromatic carbocycles. The number of hydrogen-bond acceptors (Lipinski definition) is 1. The first-order valence-electron chi connectivity index (χ1n) is 4.93. The van der Waals surface area contributed by atoms with Gasteiger partial charge in [-0.15, -0.1) is 0 Å². The maximum Gasteiger partial charge on any atom is 0.220 e. The Morgan fingerprint density at radius 3 is 2.67 bits per heavy atom. The SMILES string of the molecule is CCCCNC(=O)CC1(C)CC1. The predicted molar refractivity (Wildman–Crippen MR) is 49.9 cm³/mol. The highest BCUT2D eigenvalue weighted by Gasteiger charge is 2.38. The molecule has 0 aromatic rings. The molecule has 1 fully saturated rings. The van der Waals surface area contributed by atoms with Gasteiger partial charge in [-0.2, -0.15) is 0 Å². The van der Waals surface area contributed by atoms with Crippen LogP contribution in [0.5, 0.6) is 0 Å². The second kappa shape index (κ2) is 3.92. The summed E-state index contributed by atoms with van der Waals surface area (Å²) in [6.07, 6.45) is 5.44. The number of carbonyl (C=O) groups excluding carboxylic acids is 1. The summed E-state index contributed by atoms with van der Waals surface area (Å²) in [5.74, 6) is 0.239. The molecular formula is C10H19NO. The number of rotatable bonds is 5. The third kappa shape index (κ3) is 3.24. The minimum Gasteiger partial charge on any atom is -0.356 e. The van der Waals surface area contributed by atoms with Gasteiger partial charge in [-0.3, -0.25) is 4.79 Å². The lowest BCUT2D eigenvalue weighted by molar-refractivity contribution is -0.122. The molecule has 0 unspecified atom stereocenters. The second-order valence-electron chi connectivity index (χ2n) is 4.19. The molecule has 1 aliphatic rings. The molecule has 2 nitrogen and oxygen atoms in total. The molecule has 70 valence electrons. The van der Waals surface area contributed by atoms with E-state index < -0.39 is 0 Å². The van der Waals surface area contributed by atoms with Gasteiger partial charge < -0.3 is 5.32 Å². The third-order valence-electron chi connectivity index (χ3n) is 2.54. The average molecular weight is 169 g/mol. The summed E-state index contributed by atoms with van der Waals surface area (Å²) in [6.45, 7) is 5.17. The van der Waals surface area contributed by atoms with Crippen LogP contribution in [0.4, 0.5) is 0 Å². The summed E-state index contributed by atoms with van der Waals surface area (Å²) in [5, 5.41) is 2.94. The highest BCUT2D eigenvalue weighted by atomic mass is 16.1. The third-order valence-corrected chi connectivity index (χ3v) is 2.54. The van der Waals surface area contributed by atoms with Crippen LogP contribution in [-0.4, -0.2) is 12.5 Å². The van der Waals surface area contributed by atoms with Crippen molar-refractivity contribution >= 4 is 5.91 Å². The van der Waals surface area contributed by atoms with E-state index in [1.54, 1.807) is 0 Å². The maximum atomic E-state index is 11.3. The highest BCUT2D eigenvalue weighted by Crippen LogP contribution is 2.47. The van der Waals surface area contributed by atoms with Crippen molar-refractivity contribution in [2.75, 3.05) is 6.54 Å². The van der Waals surface area contributed by atoms with Crippen LogP contribution in [0.1, 0.15) is 46.0 Å². The van der Waals surface area contributed by atoms with Crippen LogP contribution in [-0.2, 0) is 4.79 Å². The molecule has 1 N–H and O–H groups in total. The van der Waals surface area contributed by atoms with E-state index in [1.807, 2.05) is 0 Å². The number of nitrogens with one attached hydrogen (secondary N) is 1. The first kappa shape index (κ1) is 9.56. The van der Waals surface area contributed by atoms with Gasteiger partial charge in [-0.05, 0) is 24.7 Å². The Hall–Kier alpha value is -0.530. The number of carbonyl (C=O) groups is 1. The molecule has 0 radical (unpaired) electrons. The van der Waals surface area contributed by atoms with E-state index in [4.69, 9.17) is 0 Å². The van der Waals surface area contributed by atoms with E-state index in [9.17, 15) is 4.79 Å². The zero-order valence-corrected chi connectivity index (χ0v) is 8.15. The van der Waals surface area contributed by atoms with Gasteiger partial charge in [-0.25, -0.2) is 0 Å². The smallest absolute Gasteiger partial charge is 0.220 e. The molecule has 0 atom stereocenters. The van der Waals surface area contributed by atoms with Gasteiger partial charge in [0.25, 0.3) is 0 Å². The van der Waals surface area contributed by atoms with Gasteiger partial charge in [0, 0.05) is 13.0 Å². The summed E-state index contributed by atoms with van der Waals surface area (Å²) in [6, 6.07) is 0. The van der Waals surface area contributed by atoms with E-state index >= 15 is 0 Å². The topological polar surface area (TPSA) is 29.1 Å². The fourth-order valence-corrected chi connectivity index (χ4v) is 1.24. The van der Waals surface area contributed by atoms with Gasteiger partial charge in [0.05, 0.1) is 0 Å². The Labute approximate surface area is 74.7 Å². The summed E-state index contributed by atoms with van der Waals surface area (Å²) < 4.78 is 0. The lowest BCUT2D eigenvalue weighted by Gasteiger charge is -2.07. The fourth-order valence-electron chi connectivity index (χ4n) is 1.24. The van der Waals surface area contributed by atoms with Gasteiger partial charge in [-0.1, -0.05) is 20.3 Å². The van der Waals surface area contributed by atoms with Gasteiger partial charge in [0.2, 0.25) is 5.91 Å². The van der Waals surface area contributed by atoms with Crippen LogP contribution < -0.4 is 5.32 Å². The highest BCUT2D eigenvalue weighted by molar-refractivity contribution is 5.76. The monoisotopic (exact) mass is 169 g/mol. The molecule has 1 amide bonds. The van der Waals surface area contributed by atoms with Crippen molar-refractivity contribution in [3.05, 3.63) is 0 Å². The Morgan fingerprint density at radius 2 is 2.17 bits per heavy atom. The molecule has 0 bridgehead atoms. The van der Waals surface area contributed by atoms with E-state index in [-0.39, 0.29) is 5.91 Å². The van der Waals surface area contributed by atoms with Crippen LogP contribution in [0, 0.1) is 5.41 Å². The van der Waals surface area contributed by atoms with Gasteiger partial charge in [0.15, 0.2) is 0 Å². The number of hydrogen-bond donors (Lipinski definition) is 1. The van der Waals surface area contributed by atoms with Crippen molar-refractivity contribution in [3.8, 4) is 0 Å². The Bertz CT molecular complexity index is 161. The van der Waals surface area contributed by atoms with Gasteiger partial charge in [0.1, 0.15) is 0 Å². The average Bonchev–Trinajstić information content (AvgIpc) is 2.68. The second-order valence-corrected chi connectivity index (χ2v) is 4.19. The van der Waals surface area contributed by atoms with Crippen molar-refractivity contribution in [2.24, 2.45) is 5.41 Å². The molecule has 0 spiro atoms. The molecule has 0 saturated heterocycles. The minimum absolute atomic E-state index is 0.239. The zero-order chi connectivity index (χ0) is 9.03. The van der Waals surface area contributed by atoms with Crippen molar-refractivity contribution in [3.63, 3.8) is 0 Å². The van der Waals surface area contributed by atoms with Crippen LogP contribution >= 0.6 is 0 Å². The van der Waals surface area contributed by atoms with Crippen molar-refractivity contribution in [1.29, 1.82) is 0 Å². The first-order chi connectivity index (χ1) is 5.66. The van der Waals surface area contributed by atoms with E-state index in [0.29, 0.717) is 5.41 Å². The van der Waals surface area contributed by atoms with E-state index in [0.717, 1.165) is 25.8 Å². The van der Waals surface area contributed by atoms with E-state index in [2.05, 4.69) is 19.2 Å². The largest absolute Gasteiger partial charge is 0.356 e. The lowest BCUT2D eigenvalue weighted by atomic mass is 10.1. The molecule has 0 heterocycles. The Balaban J connectivity index is 2.04. The quantitative estimate of drug-likeness (QED) is 0.627. The van der Waals surface area contributed by atoms with Crippen LogP contribution in [0.3, 0.4) is 0 Å². The lowest BCUT2D eigenvalue weighted by Crippen LogP contribution is -2.26. The fraction of sp³-hybridized carbons (Fsp3) is 0.900. The molecule has 0 aliphatic heterocycles. The number of unbranched alkanes of at least 4 members (excludes halogenated alkanes) is 1. The minimum atomic E-state index is 0.239. The molecule has 1 saturated carbocycles. The van der Waals surface area contributed by atoms with Crippen LogP contribution in [0.25, 0.3) is 0 Å². The predicted octanol–water partition coefficient (Wildman–Crippen LogP) is 2.09. The van der Waals surface area contributed by atoms with Crippen LogP contribution in [0.2, 0.25) is 0 Å². The van der Waals surface area contributed by atoms with Crippen molar-refractivity contribution < 1.29 is 4.79 Å². The van der Waals surface area contributed by atoms with Crippen molar-refractivity contribution in [1.82, 2.24) is 5.32 Å². The summed E-state index contributed by atoms with van der Waals surface area (Å²) >= 11 is 0. The Kier molecular flexibility index (Phi) is 3.12. The molecule has 1 aliphatic carbocycles. The summed E-state index contributed by atoms with van der Waals surface area (Å²) in [5.41, 5.74) is 0.357. The van der Waals surface area contributed by atoms with Crippen LogP contribution in [0.15, 0.2) is 0 Å². The Morgan fingerprint density at radius 1 is 1.50 bits per heavy atom. The summed E-state index contributed by atoms with van der Waals surface area (Å²) in [7, 11) is 0. The maximum absolute atomic E-state index is 11.3. The van der Waals surface area contributed by atoms with Gasteiger partial charge >= 0.3 is 0 Å². The molecular weight excluding hydrogens is 150 g/mol. The standard InChI is InChI=1S/C10H19NO/c1-3-4-7-11-9(12)8-10(2)5-6-10/h3-8H2,1-2H3,(H,11,12).